The van der Waals surface area contributed by atoms with Crippen molar-refractivity contribution >= 4 is 0 Å². The highest BCUT2D eigenvalue weighted by molar-refractivity contribution is 5.00. The van der Waals surface area contributed by atoms with E-state index in [-0.39, 0.29) is 0 Å². The first kappa shape index (κ1) is 10.6. The van der Waals surface area contributed by atoms with Crippen molar-refractivity contribution in [1.82, 2.24) is 14.7 Å². The van der Waals surface area contributed by atoms with Gasteiger partial charge in [0.1, 0.15) is 0 Å². The lowest BCUT2D eigenvalue weighted by Crippen LogP contribution is -2.39. The third-order valence-corrected chi connectivity index (χ3v) is 3.12. The van der Waals surface area contributed by atoms with Gasteiger partial charge in [0, 0.05) is 38.4 Å². The van der Waals surface area contributed by atoms with Crippen LogP contribution in [0.3, 0.4) is 0 Å². The van der Waals surface area contributed by atoms with Gasteiger partial charge in [-0.15, -0.1) is 0 Å². The molecule has 4 nitrogen and oxygen atoms in total. The second kappa shape index (κ2) is 4.77. The summed E-state index contributed by atoms with van der Waals surface area (Å²) in [6.07, 6.45) is 4.13. The van der Waals surface area contributed by atoms with E-state index in [0.717, 1.165) is 39.0 Å². The maximum Gasteiger partial charge on any atom is 0.0524 e. The molecule has 0 amide bonds. The molecule has 15 heavy (non-hydrogen) atoms. The minimum atomic E-state index is 0.414. The molecule has 2 rings (SSSR count). The number of likely N-dealkylation sites (tertiary alicyclic amines) is 1. The molecule has 0 bridgehead atoms. The van der Waals surface area contributed by atoms with Crippen molar-refractivity contribution in [3.63, 3.8) is 0 Å². The van der Waals surface area contributed by atoms with E-state index in [1.165, 1.54) is 5.69 Å². The first-order chi connectivity index (χ1) is 7.29. The van der Waals surface area contributed by atoms with Gasteiger partial charge in [-0.3, -0.25) is 9.58 Å². The predicted octanol–water partition coefficient (Wildman–Crippen LogP) is 0.826. The molecular weight excluding hydrogens is 188 g/mol. The summed E-state index contributed by atoms with van der Waals surface area (Å²) >= 11 is 0. The molecule has 2 heterocycles. The van der Waals surface area contributed by atoms with Crippen LogP contribution < -0.4 is 5.73 Å². The maximum atomic E-state index is 5.88. The lowest BCUT2D eigenvalue weighted by atomic mass is 10.1. The number of hydrogen-bond donors (Lipinski definition) is 1. The van der Waals surface area contributed by atoms with Gasteiger partial charge in [-0.1, -0.05) is 0 Å². The number of nitrogens with two attached hydrogens (primary N) is 1. The molecule has 1 aliphatic heterocycles. The number of rotatable bonds is 3. The molecule has 1 fully saturated rings. The summed E-state index contributed by atoms with van der Waals surface area (Å²) in [5.74, 6) is 0. The van der Waals surface area contributed by atoms with Gasteiger partial charge in [-0.05, 0) is 25.8 Å². The fraction of sp³-hybridized carbons (Fsp3) is 0.727. The van der Waals surface area contributed by atoms with E-state index in [4.69, 9.17) is 5.73 Å². The molecule has 0 unspecified atom stereocenters. The number of piperidine rings is 1. The minimum absolute atomic E-state index is 0.414. The van der Waals surface area contributed by atoms with E-state index in [9.17, 15) is 0 Å². The molecule has 0 radical (unpaired) electrons. The Balaban J connectivity index is 1.91. The van der Waals surface area contributed by atoms with Crippen molar-refractivity contribution in [2.24, 2.45) is 5.73 Å². The van der Waals surface area contributed by atoms with E-state index >= 15 is 0 Å². The Labute approximate surface area is 91.1 Å². The summed E-state index contributed by atoms with van der Waals surface area (Å²) in [6.45, 7) is 6.34. The van der Waals surface area contributed by atoms with Gasteiger partial charge in [-0.25, -0.2) is 0 Å². The Bertz CT molecular complexity index is 299. The van der Waals surface area contributed by atoms with Crippen LogP contribution in [-0.4, -0.2) is 33.8 Å². The standard InChI is InChI=1S/C11H20N4/c1-2-15-11(3-6-13-15)9-14-7-4-10(12)5-8-14/h3,6,10H,2,4-5,7-9,12H2,1H3. The van der Waals surface area contributed by atoms with Crippen molar-refractivity contribution in [2.45, 2.75) is 38.9 Å². The van der Waals surface area contributed by atoms with Gasteiger partial charge in [-0.2, -0.15) is 5.10 Å². The van der Waals surface area contributed by atoms with E-state index in [1.54, 1.807) is 0 Å². The van der Waals surface area contributed by atoms with Gasteiger partial charge in [0.25, 0.3) is 0 Å². The van der Waals surface area contributed by atoms with Crippen molar-refractivity contribution in [3.8, 4) is 0 Å². The number of nitrogens with zero attached hydrogens (tertiary/aromatic N) is 3. The predicted molar refractivity (Wildman–Crippen MR) is 60.4 cm³/mol. The molecule has 1 saturated heterocycles. The van der Waals surface area contributed by atoms with Gasteiger partial charge in [0.2, 0.25) is 0 Å². The monoisotopic (exact) mass is 208 g/mol. The molecule has 84 valence electrons. The minimum Gasteiger partial charge on any atom is -0.328 e. The fourth-order valence-electron chi connectivity index (χ4n) is 2.12. The third-order valence-electron chi connectivity index (χ3n) is 3.12. The highest BCUT2D eigenvalue weighted by Crippen LogP contribution is 2.12. The van der Waals surface area contributed by atoms with Crippen molar-refractivity contribution in [3.05, 3.63) is 18.0 Å². The van der Waals surface area contributed by atoms with Crippen LogP contribution >= 0.6 is 0 Å². The topological polar surface area (TPSA) is 47.1 Å². The van der Waals surface area contributed by atoms with E-state index in [2.05, 4.69) is 27.7 Å². The summed E-state index contributed by atoms with van der Waals surface area (Å²) in [4.78, 5) is 2.46. The summed E-state index contributed by atoms with van der Waals surface area (Å²) in [7, 11) is 0. The number of hydrogen-bond acceptors (Lipinski definition) is 3. The second-order valence-corrected chi connectivity index (χ2v) is 4.25. The Kier molecular flexibility index (Phi) is 3.38. The maximum absolute atomic E-state index is 5.88. The van der Waals surface area contributed by atoms with Gasteiger partial charge in [0.15, 0.2) is 0 Å². The molecule has 0 aliphatic carbocycles. The molecule has 0 atom stereocenters. The van der Waals surface area contributed by atoms with Crippen LogP contribution in [0.1, 0.15) is 25.5 Å². The molecule has 4 heteroatoms. The van der Waals surface area contributed by atoms with Crippen LogP contribution in [0.15, 0.2) is 12.3 Å². The SMILES string of the molecule is CCn1nccc1CN1CCC(N)CC1. The highest BCUT2D eigenvalue weighted by Gasteiger charge is 2.16. The third kappa shape index (κ3) is 2.58. The van der Waals surface area contributed by atoms with Gasteiger partial charge >= 0.3 is 0 Å². The van der Waals surface area contributed by atoms with Crippen LogP contribution in [0.5, 0.6) is 0 Å². The fourth-order valence-corrected chi connectivity index (χ4v) is 2.12. The van der Waals surface area contributed by atoms with Crippen molar-refractivity contribution in [2.75, 3.05) is 13.1 Å². The van der Waals surface area contributed by atoms with Gasteiger partial charge in [0.05, 0.1) is 5.69 Å². The van der Waals surface area contributed by atoms with E-state index < -0.39 is 0 Å². The zero-order chi connectivity index (χ0) is 10.7. The summed E-state index contributed by atoms with van der Waals surface area (Å²) in [5, 5.41) is 4.28. The zero-order valence-corrected chi connectivity index (χ0v) is 9.39. The Morgan fingerprint density at radius 3 is 2.87 bits per heavy atom. The molecule has 0 saturated carbocycles. The van der Waals surface area contributed by atoms with Crippen molar-refractivity contribution in [1.29, 1.82) is 0 Å². The molecular formula is C11H20N4. The summed E-state index contributed by atoms with van der Waals surface area (Å²) < 4.78 is 2.06. The van der Waals surface area contributed by atoms with Crippen LogP contribution in [0.2, 0.25) is 0 Å². The van der Waals surface area contributed by atoms with E-state index in [1.807, 2.05) is 6.20 Å². The second-order valence-electron chi connectivity index (χ2n) is 4.25. The molecule has 0 aromatic carbocycles. The Morgan fingerprint density at radius 1 is 1.47 bits per heavy atom. The largest absolute Gasteiger partial charge is 0.328 e. The summed E-state index contributed by atoms with van der Waals surface area (Å²) in [6, 6.07) is 2.52. The van der Waals surface area contributed by atoms with Crippen LogP contribution in [0, 0.1) is 0 Å². The normalized spacial score (nSPS) is 19.6. The molecule has 1 aromatic heterocycles. The first-order valence-electron chi connectivity index (χ1n) is 5.78. The average molecular weight is 208 g/mol. The summed E-state index contributed by atoms with van der Waals surface area (Å²) in [5.41, 5.74) is 7.20. The number of aromatic nitrogens is 2. The smallest absolute Gasteiger partial charge is 0.0524 e. The average Bonchev–Trinajstić information content (AvgIpc) is 2.69. The Hall–Kier alpha value is -0.870. The number of aryl methyl sites for hydroxylation is 1. The molecule has 1 aromatic rings. The van der Waals surface area contributed by atoms with Gasteiger partial charge < -0.3 is 5.73 Å². The first-order valence-corrected chi connectivity index (χ1v) is 5.78. The molecule has 2 N–H and O–H groups in total. The van der Waals surface area contributed by atoms with Crippen molar-refractivity contribution < 1.29 is 0 Å². The highest BCUT2D eigenvalue weighted by atomic mass is 15.3. The van der Waals surface area contributed by atoms with Crippen LogP contribution in [-0.2, 0) is 13.1 Å². The lowest BCUT2D eigenvalue weighted by molar-refractivity contribution is 0.200. The van der Waals surface area contributed by atoms with E-state index in [0.29, 0.717) is 6.04 Å². The zero-order valence-electron chi connectivity index (χ0n) is 9.39. The van der Waals surface area contributed by atoms with Crippen LogP contribution in [0.4, 0.5) is 0 Å². The lowest BCUT2D eigenvalue weighted by Gasteiger charge is -2.29. The Morgan fingerprint density at radius 2 is 2.20 bits per heavy atom. The quantitative estimate of drug-likeness (QED) is 0.800. The van der Waals surface area contributed by atoms with Crippen LogP contribution in [0.25, 0.3) is 0 Å². The molecule has 0 spiro atoms. The molecule has 1 aliphatic rings.